The fourth-order valence-corrected chi connectivity index (χ4v) is 1.68. The van der Waals surface area contributed by atoms with Gasteiger partial charge in [0.2, 0.25) is 0 Å². The Morgan fingerprint density at radius 2 is 2.11 bits per heavy atom. The SMILES string of the molecule is CC=Cc1ccc(OC(C)CNCC)c(OC)c1. The van der Waals surface area contributed by atoms with E-state index in [2.05, 4.69) is 12.2 Å². The van der Waals surface area contributed by atoms with Crippen LogP contribution in [0.4, 0.5) is 0 Å². The Morgan fingerprint density at radius 3 is 2.72 bits per heavy atom. The second-order valence-corrected chi connectivity index (χ2v) is 4.15. The van der Waals surface area contributed by atoms with Crippen LogP contribution in [0.3, 0.4) is 0 Å². The van der Waals surface area contributed by atoms with Crippen LogP contribution in [0.1, 0.15) is 26.3 Å². The molecular weight excluding hydrogens is 226 g/mol. The van der Waals surface area contributed by atoms with Gasteiger partial charge in [-0.2, -0.15) is 0 Å². The highest BCUT2D eigenvalue weighted by molar-refractivity contribution is 5.55. The molecule has 0 saturated heterocycles. The zero-order valence-corrected chi connectivity index (χ0v) is 11.7. The third-order valence-electron chi connectivity index (χ3n) is 2.56. The van der Waals surface area contributed by atoms with Gasteiger partial charge in [0.05, 0.1) is 7.11 Å². The Bertz CT molecular complexity index is 388. The van der Waals surface area contributed by atoms with E-state index in [1.807, 2.05) is 44.2 Å². The number of nitrogens with one attached hydrogen (secondary N) is 1. The van der Waals surface area contributed by atoms with Crippen molar-refractivity contribution in [1.29, 1.82) is 0 Å². The zero-order chi connectivity index (χ0) is 13.4. The molecule has 0 fully saturated rings. The summed E-state index contributed by atoms with van der Waals surface area (Å²) >= 11 is 0. The molecule has 1 aromatic rings. The van der Waals surface area contributed by atoms with E-state index in [4.69, 9.17) is 9.47 Å². The number of benzene rings is 1. The molecule has 0 amide bonds. The number of methoxy groups -OCH3 is 1. The largest absolute Gasteiger partial charge is 0.493 e. The lowest BCUT2D eigenvalue weighted by Gasteiger charge is -2.17. The smallest absolute Gasteiger partial charge is 0.161 e. The van der Waals surface area contributed by atoms with Gasteiger partial charge in [-0.05, 0) is 38.1 Å². The summed E-state index contributed by atoms with van der Waals surface area (Å²) in [6.45, 7) is 7.90. The molecule has 1 N–H and O–H groups in total. The molecule has 100 valence electrons. The van der Waals surface area contributed by atoms with Crippen LogP contribution in [0.25, 0.3) is 6.08 Å². The summed E-state index contributed by atoms with van der Waals surface area (Å²) in [4.78, 5) is 0. The Morgan fingerprint density at radius 1 is 1.33 bits per heavy atom. The number of ether oxygens (including phenoxy) is 2. The third-order valence-corrected chi connectivity index (χ3v) is 2.56. The van der Waals surface area contributed by atoms with Crippen LogP contribution < -0.4 is 14.8 Å². The average Bonchev–Trinajstić information content (AvgIpc) is 2.38. The summed E-state index contributed by atoms with van der Waals surface area (Å²) in [5.74, 6) is 1.56. The molecule has 1 atom stereocenters. The van der Waals surface area contributed by atoms with Gasteiger partial charge in [-0.1, -0.05) is 25.1 Å². The van der Waals surface area contributed by atoms with Gasteiger partial charge in [-0.25, -0.2) is 0 Å². The third kappa shape index (κ3) is 4.41. The summed E-state index contributed by atoms with van der Waals surface area (Å²) in [5, 5.41) is 3.26. The Kier molecular flexibility index (Phi) is 6.29. The van der Waals surface area contributed by atoms with Crippen molar-refractivity contribution < 1.29 is 9.47 Å². The molecule has 0 spiro atoms. The first-order chi connectivity index (χ1) is 8.71. The maximum atomic E-state index is 5.86. The monoisotopic (exact) mass is 249 g/mol. The van der Waals surface area contributed by atoms with Crippen LogP contribution in [0.2, 0.25) is 0 Å². The first-order valence-corrected chi connectivity index (χ1v) is 6.39. The van der Waals surface area contributed by atoms with E-state index in [1.165, 1.54) is 0 Å². The van der Waals surface area contributed by atoms with Crippen LogP contribution in [0.5, 0.6) is 11.5 Å². The lowest BCUT2D eigenvalue weighted by molar-refractivity contribution is 0.208. The van der Waals surface area contributed by atoms with Crippen LogP contribution in [-0.2, 0) is 0 Å². The predicted octanol–water partition coefficient (Wildman–Crippen LogP) is 3.11. The Labute approximate surface area is 110 Å². The molecule has 1 unspecified atom stereocenters. The van der Waals surface area contributed by atoms with Crippen LogP contribution >= 0.6 is 0 Å². The molecule has 3 nitrogen and oxygen atoms in total. The minimum absolute atomic E-state index is 0.117. The normalized spacial score (nSPS) is 12.7. The summed E-state index contributed by atoms with van der Waals surface area (Å²) < 4.78 is 11.2. The molecule has 3 heteroatoms. The zero-order valence-electron chi connectivity index (χ0n) is 11.7. The van der Waals surface area contributed by atoms with E-state index in [0.29, 0.717) is 0 Å². The number of allylic oxidation sites excluding steroid dienone is 1. The van der Waals surface area contributed by atoms with E-state index in [-0.39, 0.29) is 6.10 Å². The van der Waals surface area contributed by atoms with Crippen molar-refractivity contribution in [2.24, 2.45) is 0 Å². The Hall–Kier alpha value is -1.48. The molecule has 18 heavy (non-hydrogen) atoms. The van der Waals surface area contributed by atoms with E-state index >= 15 is 0 Å². The van der Waals surface area contributed by atoms with Crippen molar-refractivity contribution in [2.45, 2.75) is 26.9 Å². The van der Waals surface area contributed by atoms with Crippen molar-refractivity contribution >= 4 is 6.08 Å². The molecule has 0 aliphatic heterocycles. The molecular formula is C15H23NO2. The number of rotatable bonds is 7. The van der Waals surface area contributed by atoms with E-state index in [1.54, 1.807) is 7.11 Å². The standard InChI is InChI=1S/C15H23NO2/c1-5-7-13-8-9-14(15(10-13)17-4)18-12(3)11-16-6-2/h5,7-10,12,16H,6,11H2,1-4H3. The minimum atomic E-state index is 0.117. The molecule has 0 aliphatic carbocycles. The van der Waals surface area contributed by atoms with Crippen molar-refractivity contribution in [2.75, 3.05) is 20.2 Å². The van der Waals surface area contributed by atoms with Crippen LogP contribution in [0.15, 0.2) is 24.3 Å². The maximum Gasteiger partial charge on any atom is 0.161 e. The molecule has 1 rings (SSSR count). The highest BCUT2D eigenvalue weighted by Crippen LogP contribution is 2.29. The topological polar surface area (TPSA) is 30.5 Å². The average molecular weight is 249 g/mol. The van der Waals surface area contributed by atoms with Gasteiger partial charge in [0.15, 0.2) is 11.5 Å². The summed E-state index contributed by atoms with van der Waals surface area (Å²) in [7, 11) is 1.66. The molecule has 0 bridgehead atoms. The first kappa shape index (κ1) is 14.6. The maximum absolute atomic E-state index is 5.86. The van der Waals surface area contributed by atoms with Gasteiger partial charge < -0.3 is 14.8 Å². The summed E-state index contributed by atoms with van der Waals surface area (Å²) in [5.41, 5.74) is 1.11. The fraction of sp³-hybridized carbons (Fsp3) is 0.467. The first-order valence-electron chi connectivity index (χ1n) is 6.39. The summed E-state index contributed by atoms with van der Waals surface area (Å²) in [6, 6.07) is 5.96. The second kappa shape index (κ2) is 7.77. The number of hydrogen-bond donors (Lipinski definition) is 1. The molecule has 0 saturated carbocycles. The Balaban J connectivity index is 2.75. The molecule has 0 heterocycles. The van der Waals surface area contributed by atoms with Gasteiger partial charge in [0, 0.05) is 6.54 Å². The molecule has 0 aromatic heterocycles. The van der Waals surface area contributed by atoms with Gasteiger partial charge in [-0.15, -0.1) is 0 Å². The summed E-state index contributed by atoms with van der Waals surface area (Å²) in [6.07, 6.45) is 4.16. The minimum Gasteiger partial charge on any atom is -0.493 e. The van der Waals surface area contributed by atoms with Gasteiger partial charge in [-0.3, -0.25) is 0 Å². The lowest BCUT2D eigenvalue weighted by Crippen LogP contribution is -2.28. The van der Waals surface area contributed by atoms with Crippen molar-refractivity contribution in [3.05, 3.63) is 29.8 Å². The highest BCUT2D eigenvalue weighted by Gasteiger charge is 2.08. The van der Waals surface area contributed by atoms with Gasteiger partial charge >= 0.3 is 0 Å². The van der Waals surface area contributed by atoms with Gasteiger partial charge in [0.1, 0.15) is 6.10 Å². The highest BCUT2D eigenvalue weighted by atomic mass is 16.5. The lowest BCUT2D eigenvalue weighted by atomic mass is 10.2. The van der Waals surface area contributed by atoms with E-state index < -0.39 is 0 Å². The second-order valence-electron chi connectivity index (χ2n) is 4.15. The number of likely N-dealkylation sites (N-methyl/N-ethyl adjacent to an activating group) is 1. The van der Waals surface area contributed by atoms with Crippen LogP contribution in [0, 0.1) is 0 Å². The predicted molar refractivity (Wildman–Crippen MR) is 76.3 cm³/mol. The van der Waals surface area contributed by atoms with Crippen molar-refractivity contribution in [3.8, 4) is 11.5 Å². The number of hydrogen-bond acceptors (Lipinski definition) is 3. The van der Waals surface area contributed by atoms with E-state index in [9.17, 15) is 0 Å². The van der Waals surface area contributed by atoms with Crippen LogP contribution in [-0.4, -0.2) is 26.3 Å². The van der Waals surface area contributed by atoms with Crippen molar-refractivity contribution in [1.82, 2.24) is 5.32 Å². The molecule has 0 aliphatic rings. The quantitative estimate of drug-likeness (QED) is 0.805. The fourth-order valence-electron chi connectivity index (χ4n) is 1.68. The van der Waals surface area contributed by atoms with E-state index in [0.717, 1.165) is 30.2 Å². The van der Waals surface area contributed by atoms with Gasteiger partial charge in [0.25, 0.3) is 0 Å². The van der Waals surface area contributed by atoms with Crippen molar-refractivity contribution in [3.63, 3.8) is 0 Å². The molecule has 0 radical (unpaired) electrons. The molecule has 1 aromatic carbocycles.